The van der Waals surface area contributed by atoms with E-state index in [1.54, 1.807) is 0 Å². The van der Waals surface area contributed by atoms with Gasteiger partial charge in [0.25, 0.3) is 9.04 Å². The molecule has 0 saturated carbocycles. The van der Waals surface area contributed by atoms with Crippen LogP contribution in [0.2, 0.25) is 13.1 Å². The molecule has 0 heterocycles. The Hall–Kier alpha value is -0.283. The van der Waals surface area contributed by atoms with E-state index in [0.29, 0.717) is 0 Å². The van der Waals surface area contributed by atoms with Gasteiger partial charge in [0.15, 0.2) is 0 Å². The predicted molar refractivity (Wildman–Crippen MR) is 61.7 cm³/mol. The van der Waals surface area contributed by atoms with E-state index >= 15 is 0 Å². The van der Waals surface area contributed by atoms with E-state index in [1.807, 2.05) is 0 Å². The van der Waals surface area contributed by atoms with Gasteiger partial charge in [0.05, 0.1) is 0 Å². The number of halogens is 1. The van der Waals surface area contributed by atoms with Crippen LogP contribution in [0.25, 0.3) is 0 Å². The fraction of sp³-hybridized carbons (Fsp3) is 0.400. The zero-order valence-electron chi connectivity index (χ0n) is 8.44. The minimum atomic E-state index is -0.648. The highest BCUT2D eigenvalue weighted by molar-refractivity contribution is 9.10. The summed E-state index contributed by atoms with van der Waals surface area (Å²) in [6.45, 7) is 8.44. The SMILES string of the molecule is Cc1cc(O[Si](C)C)cc(C)c1Br. The summed E-state index contributed by atoms with van der Waals surface area (Å²) in [5, 5.41) is 0. The molecule has 1 aromatic carbocycles. The van der Waals surface area contributed by atoms with E-state index in [-0.39, 0.29) is 0 Å². The van der Waals surface area contributed by atoms with Crippen LogP contribution in [0.5, 0.6) is 5.75 Å². The highest BCUT2D eigenvalue weighted by atomic mass is 79.9. The molecule has 13 heavy (non-hydrogen) atoms. The van der Waals surface area contributed by atoms with Crippen molar-refractivity contribution in [3.63, 3.8) is 0 Å². The smallest absolute Gasteiger partial charge is 0.274 e. The summed E-state index contributed by atoms with van der Waals surface area (Å²) in [5.74, 6) is 0.997. The standard InChI is InChI=1S/C10H14BrOSi/c1-7-5-9(12-13(3)4)6-8(2)10(7)11/h5-6H,1-4H3. The van der Waals surface area contributed by atoms with Crippen molar-refractivity contribution in [3.8, 4) is 5.75 Å². The molecule has 3 heteroatoms. The van der Waals surface area contributed by atoms with Crippen LogP contribution in [0.15, 0.2) is 16.6 Å². The van der Waals surface area contributed by atoms with Crippen molar-refractivity contribution in [1.82, 2.24) is 0 Å². The van der Waals surface area contributed by atoms with Crippen LogP contribution in [0, 0.1) is 13.8 Å². The lowest BCUT2D eigenvalue weighted by atomic mass is 10.1. The van der Waals surface area contributed by atoms with Gasteiger partial charge in [0, 0.05) is 4.47 Å². The zero-order valence-corrected chi connectivity index (χ0v) is 11.0. The summed E-state index contributed by atoms with van der Waals surface area (Å²) in [5.41, 5.74) is 2.47. The third kappa shape index (κ3) is 2.85. The number of hydrogen-bond acceptors (Lipinski definition) is 1. The Kier molecular flexibility index (Phi) is 3.56. The van der Waals surface area contributed by atoms with Crippen molar-refractivity contribution >= 4 is 25.0 Å². The highest BCUT2D eigenvalue weighted by Gasteiger charge is 2.05. The van der Waals surface area contributed by atoms with Crippen molar-refractivity contribution in [2.24, 2.45) is 0 Å². The van der Waals surface area contributed by atoms with Gasteiger partial charge in [-0.1, -0.05) is 15.9 Å². The Morgan fingerprint density at radius 1 is 1.15 bits per heavy atom. The molecule has 0 aromatic heterocycles. The number of rotatable bonds is 2. The molecular weight excluding hydrogens is 244 g/mol. The molecule has 71 valence electrons. The molecule has 0 aliphatic carbocycles. The predicted octanol–water partition coefficient (Wildman–Crippen LogP) is 3.70. The minimum absolute atomic E-state index is 0.648. The average molecular weight is 258 g/mol. The van der Waals surface area contributed by atoms with Gasteiger partial charge in [0.1, 0.15) is 5.75 Å². The molecule has 0 bridgehead atoms. The third-order valence-electron chi connectivity index (χ3n) is 1.73. The summed E-state index contributed by atoms with van der Waals surface area (Å²) in [6, 6.07) is 4.16. The molecule has 0 atom stereocenters. The molecule has 0 N–H and O–H groups in total. The lowest BCUT2D eigenvalue weighted by Gasteiger charge is -2.11. The number of hydrogen-bond donors (Lipinski definition) is 0. The monoisotopic (exact) mass is 257 g/mol. The summed E-state index contributed by atoms with van der Waals surface area (Å²) < 4.78 is 6.89. The van der Waals surface area contributed by atoms with Gasteiger partial charge in [-0.15, -0.1) is 0 Å². The van der Waals surface area contributed by atoms with Crippen LogP contribution in [0.4, 0.5) is 0 Å². The maximum atomic E-state index is 5.71. The van der Waals surface area contributed by atoms with E-state index in [2.05, 4.69) is 55.0 Å². The second kappa shape index (κ2) is 4.29. The summed E-state index contributed by atoms with van der Waals surface area (Å²) >= 11 is 3.53. The summed E-state index contributed by atoms with van der Waals surface area (Å²) in [6.07, 6.45) is 0. The van der Waals surface area contributed by atoms with Crippen molar-refractivity contribution < 1.29 is 4.43 Å². The fourth-order valence-corrected chi connectivity index (χ4v) is 2.02. The van der Waals surface area contributed by atoms with Crippen LogP contribution >= 0.6 is 15.9 Å². The van der Waals surface area contributed by atoms with Crippen molar-refractivity contribution in [3.05, 3.63) is 27.7 Å². The Morgan fingerprint density at radius 2 is 1.62 bits per heavy atom. The van der Waals surface area contributed by atoms with E-state index in [4.69, 9.17) is 4.43 Å². The molecule has 1 nitrogen and oxygen atoms in total. The van der Waals surface area contributed by atoms with Gasteiger partial charge in [0.2, 0.25) is 0 Å². The Bertz CT molecular complexity index is 287. The first-order chi connectivity index (χ1) is 6.00. The molecule has 0 fully saturated rings. The Morgan fingerprint density at radius 3 is 2.00 bits per heavy atom. The fourth-order valence-electron chi connectivity index (χ4n) is 1.20. The van der Waals surface area contributed by atoms with E-state index in [0.717, 1.165) is 5.75 Å². The van der Waals surface area contributed by atoms with Gasteiger partial charge in [-0.05, 0) is 50.2 Å². The second-order valence-corrected chi connectivity index (χ2v) is 6.19. The topological polar surface area (TPSA) is 9.23 Å². The van der Waals surface area contributed by atoms with E-state index in [9.17, 15) is 0 Å². The maximum Gasteiger partial charge on any atom is 0.274 e. The van der Waals surface area contributed by atoms with Gasteiger partial charge >= 0.3 is 0 Å². The largest absolute Gasteiger partial charge is 0.543 e. The van der Waals surface area contributed by atoms with Crippen molar-refractivity contribution in [1.29, 1.82) is 0 Å². The summed E-state index contributed by atoms with van der Waals surface area (Å²) in [4.78, 5) is 0. The van der Waals surface area contributed by atoms with Crippen LogP contribution in [0.1, 0.15) is 11.1 Å². The molecule has 1 rings (SSSR count). The molecule has 0 aliphatic heterocycles. The van der Waals surface area contributed by atoms with Gasteiger partial charge in [-0.25, -0.2) is 0 Å². The van der Waals surface area contributed by atoms with Gasteiger partial charge < -0.3 is 4.43 Å². The lowest BCUT2D eigenvalue weighted by Crippen LogP contribution is -2.11. The van der Waals surface area contributed by atoms with E-state index < -0.39 is 9.04 Å². The maximum absolute atomic E-state index is 5.71. The zero-order chi connectivity index (χ0) is 10.0. The van der Waals surface area contributed by atoms with Crippen molar-refractivity contribution in [2.75, 3.05) is 0 Å². The molecular formula is C10H14BrOSi. The Labute approximate surface area is 90.0 Å². The lowest BCUT2D eigenvalue weighted by molar-refractivity contribution is 0.579. The highest BCUT2D eigenvalue weighted by Crippen LogP contribution is 2.26. The molecule has 0 unspecified atom stereocenters. The molecule has 0 spiro atoms. The van der Waals surface area contributed by atoms with Crippen molar-refractivity contribution in [2.45, 2.75) is 26.9 Å². The van der Waals surface area contributed by atoms with Gasteiger partial charge in [-0.2, -0.15) is 0 Å². The molecule has 0 aliphatic rings. The first kappa shape index (κ1) is 10.8. The quantitative estimate of drug-likeness (QED) is 0.735. The first-order valence-electron chi connectivity index (χ1n) is 4.25. The molecule has 1 radical (unpaired) electrons. The molecule has 1 aromatic rings. The number of aryl methyl sites for hydroxylation is 2. The van der Waals surface area contributed by atoms with Crippen LogP contribution < -0.4 is 4.43 Å². The minimum Gasteiger partial charge on any atom is -0.543 e. The van der Waals surface area contributed by atoms with Crippen LogP contribution in [0.3, 0.4) is 0 Å². The second-order valence-electron chi connectivity index (χ2n) is 3.38. The molecule has 0 saturated heterocycles. The first-order valence-corrected chi connectivity index (χ1v) is 7.45. The average Bonchev–Trinajstić information content (AvgIpc) is 1.98. The van der Waals surface area contributed by atoms with Gasteiger partial charge in [-0.3, -0.25) is 0 Å². The van der Waals surface area contributed by atoms with Crippen LogP contribution in [-0.4, -0.2) is 9.04 Å². The summed E-state index contributed by atoms with van der Waals surface area (Å²) in [7, 11) is -0.648. The molecule has 0 amide bonds. The van der Waals surface area contributed by atoms with Crippen LogP contribution in [-0.2, 0) is 0 Å². The number of benzene rings is 1. The third-order valence-corrected chi connectivity index (χ3v) is 3.63. The van der Waals surface area contributed by atoms with E-state index in [1.165, 1.54) is 15.6 Å². The normalized spacial score (nSPS) is 10.6. The Balaban J connectivity index is 2.99.